The topological polar surface area (TPSA) is 87.2 Å². The van der Waals surface area contributed by atoms with Crippen LogP contribution in [0.4, 0.5) is 0 Å². The highest BCUT2D eigenvalue weighted by Gasteiger charge is 2.27. The Bertz CT molecular complexity index is 1010. The molecule has 1 saturated carbocycles. The standard InChI is InChI=1S/C24H34N4O3/c1-17-10-13-27(14-11-17)15-12-25-22(29)19-8-6-18(7-9-19)16-28-23(30)20-4-2-3-5-21(20)26-24(28)31/h2-5,17-19H,6-16H2,1H3,(H,25,29)(H,26,31). The molecule has 2 heterocycles. The van der Waals surface area contributed by atoms with Gasteiger partial charge in [0, 0.05) is 25.6 Å². The van der Waals surface area contributed by atoms with E-state index in [1.807, 2.05) is 6.07 Å². The van der Waals surface area contributed by atoms with Gasteiger partial charge >= 0.3 is 5.69 Å². The second kappa shape index (κ2) is 9.81. The van der Waals surface area contributed by atoms with Gasteiger partial charge in [0.2, 0.25) is 5.91 Å². The van der Waals surface area contributed by atoms with Crippen molar-refractivity contribution in [2.75, 3.05) is 26.2 Å². The van der Waals surface area contributed by atoms with Crippen molar-refractivity contribution in [2.45, 2.75) is 52.0 Å². The zero-order valence-corrected chi connectivity index (χ0v) is 18.4. The van der Waals surface area contributed by atoms with Gasteiger partial charge in [-0.3, -0.25) is 14.2 Å². The lowest BCUT2D eigenvalue weighted by molar-refractivity contribution is -0.126. The molecule has 0 atom stereocenters. The molecule has 1 aromatic heterocycles. The smallest absolute Gasteiger partial charge is 0.328 e. The number of H-pyrrole nitrogens is 1. The number of nitrogens with zero attached hydrogens (tertiary/aromatic N) is 2. The number of piperidine rings is 1. The predicted molar refractivity (Wildman–Crippen MR) is 122 cm³/mol. The molecule has 2 N–H and O–H groups in total. The summed E-state index contributed by atoms with van der Waals surface area (Å²) in [5.74, 6) is 1.27. The van der Waals surface area contributed by atoms with Crippen molar-refractivity contribution >= 4 is 16.8 Å². The Morgan fingerprint density at radius 3 is 2.52 bits per heavy atom. The number of aromatic nitrogens is 2. The number of benzene rings is 1. The van der Waals surface area contributed by atoms with Crippen molar-refractivity contribution in [1.29, 1.82) is 0 Å². The molecule has 31 heavy (non-hydrogen) atoms. The number of amides is 1. The van der Waals surface area contributed by atoms with Crippen LogP contribution < -0.4 is 16.6 Å². The first-order chi connectivity index (χ1) is 15.0. The number of likely N-dealkylation sites (tertiary alicyclic amines) is 1. The van der Waals surface area contributed by atoms with Gasteiger partial charge in [0.15, 0.2) is 0 Å². The van der Waals surface area contributed by atoms with E-state index in [9.17, 15) is 14.4 Å². The van der Waals surface area contributed by atoms with Crippen LogP contribution in [0.3, 0.4) is 0 Å². The monoisotopic (exact) mass is 426 g/mol. The van der Waals surface area contributed by atoms with Gasteiger partial charge in [-0.25, -0.2) is 4.79 Å². The molecule has 7 heteroatoms. The Morgan fingerprint density at radius 2 is 1.77 bits per heavy atom. The van der Waals surface area contributed by atoms with Crippen molar-refractivity contribution < 1.29 is 4.79 Å². The number of rotatable bonds is 6. The molecule has 1 aliphatic heterocycles. The van der Waals surface area contributed by atoms with Crippen LogP contribution >= 0.6 is 0 Å². The summed E-state index contributed by atoms with van der Waals surface area (Å²) in [6, 6.07) is 7.11. The molecular formula is C24H34N4O3. The van der Waals surface area contributed by atoms with Crippen LogP contribution in [0.15, 0.2) is 33.9 Å². The molecule has 2 aromatic rings. The minimum atomic E-state index is -0.351. The van der Waals surface area contributed by atoms with E-state index in [-0.39, 0.29) is 29.0 Å². The summed E-state index contributed by atoms with van der Waals surface area (Å²) >= 11 is 0. The summed E-state index contributed by atoms with van der Waals surface area (Å²) in [7, 11) is 0. The third-order valence-electron chi connectivity index (χ3n) is 7.15. The minimum Gasteiger partial charge on any atom is -0.355 e. The molecule has 1 aromatic carbocycles. The fraction of sp³-hybridized carbons (Fsp3) is 0.625. The van der Waals surface area contributed by atoms with Gasteiger partial charge in [0.1, 0.15) is 0 Å². The first kappa shape index (κ1) is 21.8. The van der Waals surface area contributed by atoms with Crippen LogP contribution in [0, 0.1) is 17.8 Å². The van der Waals surface area contributed by atoms with Crippen molar-refractivity contribution in [2.24, 2.45) is 17.8 Å². The lowest BCUT2D eigenvalue weighted by Gasteiger charge is -2.31. The molecule has 1 amide bonds. The molecule has 0 bridgehead atoms. The zero-order chi connectivity index (χ0) is 21.8. The highest BCUT2D eigenvalue weighted by atomic mass is 16.2. The maximum Gasteiger partial charge on any atom is 0.328 e. The largest absolute Gasteiger partial charge is 0.355 e. The number of hydrogen-bond donors (Lipinski definition) is 2. The second-order valence-electron chi connectivity index (χ2n) is 9.42. The van der Waals surface area contributed by atoms with Crippen molar-refractivity contribution in [3.8, 4) is 0 Å². The number of carbonyl (C=O) groups excluding carboxylic acids is 1. The molecule has 2 fully saturated rings. The van der Waals surface area contributed by atoms with Crippen LogP contribution in [0.1, 0.15) is 45.4 Å². The van der Waals surface area contributed by atoms with E-state index in [0.717, 1.165) is 57.8 Å². The quantitative estimate of drug-likeness (QED) is 0.742. The maximum absolute atomic E-state index is 12.7. The molecule has 0 unspecified atom stereocenters. The maximum atomic E-state index is 12.7. The normalized spacial score (nSPS) is 23.1. The second-order valence-corrected chi connectivity index (χ2v) is 9.42. The molecule has 2 aliphatic rings. The molecule has 0 radical (unpaired) electrons. The van der Waals surface area contributed by atoms with Crippen LogP contribution in [0.5, 0.6) is 0 Å². The fourth-order valence-corrected chi connectivity index (χ4v) is 5.00. The van der Waals surface area contributed by atoms with Crippen LogP contribution in [-0.4, -0.2) is 46.5 Å². The van der Waals surface area contributed by atoms with Crippen molar-refractivity contribution in [3.63, 3.8) is 0 Å². The van der Waals surface area contributed by atoms with E-state index in [4.69, 9.17) is 0 Å². The highest BCUT2D eigenvalue weighted by Crippen LogP contribution is 2.29. The molecule has 168 valence electrons. The average Bonchev–Trinajstić information content (AvgIpc) is 2.78. The molecule has 1 aliphatic carbocycles. The third kappa shape index (κ3) is 5.26. The number of aromatic amines is 1. The average molecular weight is 427 g/mol. The van der Waals surface area contributed by atoms with Crippen LogP contribution in [0.25, 0.3) is 10.9 Å². The first-order valence-electron chi connectivity index (χ1n) is 11.7. The molecule has 4 rings (SSSR count). The summed E-state index contributed by atoms with van der Waals surface area (Å²) in [6.45, 7) is 6.64. The summed E-state index contributed by atoms with van der Waals surface area (Å²) < 4.78 is 1.33. The van der Waals surface area contributed by atoms with Gasteiger partial charge < -0.3 is 15.2 Å². The van der Waals surface area contributed by atoms with E-state index < -0.39 is 0 Å². The summed E-state index contributed by atoms with van der Waals surface area (Å²) in [6.07, 6.45) is 5.86. The van der Waals surface area contributed by atoms with Gasteiger partial charge in [0.25, 0.3) is 5.56 Å². The van der Waals surface area contributed by atoms with Crippen LogP contribution in [-0.2, 0) is 11.3 Å². The molecule has 1 saturated heterocycles. The van der Waals surface area contributed by atoms with Gasteiger partial charge in [-0.15, -0.1) is 0 Å². The van der Waals surface area contributed by atoms with E-state index in [0.29, 0.717) is 17.4 Å². The lowest BCUT2D eigenvalue weighted by Crippen LogP contribution is -2.42. The highest BCUT2D eigenvalue weighted by molar-refractivity contribution is 5.78. The first-order valence-corrected chi connectivity index (χ1v) is 11.7. The van der Waals surface area contributed by atoms with Crippen molar-refractivity contribution in [1.82, 2.24) is 19.8 Å². The Labute approximate surface area is 182 Å². The Balaban J connectivity index is 1.25. The van der Waals surface area contributed by atoms with Crippen LogP contribution in [0.2, 0.25) is 0 Å². The Morgan fingerprint density at radius 1 is 1.06 bits per heavy atom. The summed E-state index contributed by atoms with van der Waals surface area (Å²) in [5, 5.41) is 3.66. The SMILES string of the molecule is CC1CCN(CCNC(=O)C2CCC(Cn3c(=O)[nH]c4ccccc4c3=O)CC2)CC1. The number of para-hydroxylation sites is 1. The van der Waals surface area contributed by atoms with Gasteiger partial charge in [-0.1, -0.05) is 19.1 Å². The summed E-state index contributed by atoms with van der Waals surface area (Å²) in [4.78, 5) is 43.0. The number of nitrogens with one attached hydrogen (secondary N) is 2. The lowest BCUT2D eigenvalue weighted by atomic mass is 9.81. The van der Waals surface area contributed by atoms with Crippen molar-refractivity contribution in [3.05, 3.63) is 45.1 Å². The Hall–Kier alpha value is -2.41. The minimum absolute atomic E-state index is 0.0456. The van der Waals surface area contributed by atoms with E-state index in [1.54, 1.807) is 18.2 Å². The number of hydrogen-bond acceptors (Lipinski definition) is 4. The zero-order valence-electron chi connectivity index (χ0n) is 18.4. The fourth-order valence-electron chi connectivity index (χ4n) is 5.00. The summed E-state index contributed by atoms with van der Waals surface area (Å²) in [5.41, 5.74) is -0.00445. The van der Waals surface area contributed by atoms with E-state index in [1.165, 1.54) is 17.4 Å². The number of carbonyl (C=O) groups is 1. The Kier molecular flexibility index (Phi) is 6.90. The predicted octanol–water partition coefficient (Wildman–Crippen LogP) is 2.34. The molecular weight excluding hydrogens is 392 g/mol. The van der Waals surface area contributed by atoms with Gasteiger partial charge in [0.05, 0.1) is 10.9 Å². The third-order valence-corrected chi connectivity index (χ3v) is 7.15. The van der Waals surface area contributed by atoms with E-state index >= 15 is 0 Å². The van der Waals surface area contributed by atoms with Gasteiger partial charge in [-0.2, -0.15) is 0 Å². The molecule has 0 spiro atoms. The number of fused-ring (bicyclic) bond motifs is 1. The molecule has 7 nitrogen and oxygen atoms in total. The van der Waals surface area contributed by atoms with Gasteiger partial charge in [-0.05, 0) is 75.6 Å². The van der Waals surface area contributed by atoms with E-state index in [2.05, 4.69) is 22.1 Å².